The van der Waals surface area contributed by atoms with Gasteiger partial charge in [0.25, 0.3) is 0 Å². The van der Waals surface area contributed by atoms with Gasteiger partial charge < -0.3 is 10.2 Å². The van der Waals surface area contributed by atoms with E-state index in [0.29, 0.717) is 6.04 Å². The van der Waals surface area contributed by atoms with Gasteiger partial charge in [-0.25, -0.2) is 9.97 Å². The van der Waals surface area contributed by atoms with Crippen molar-refractivity contribution in [3.05, 3.63) is 41.7 Å². The smallest absolute Gasteiger partial charge is 0.139 e. The third-order valence-electron chi connectivity index (χ3n) is 3.64. The van der Waals surface area contributed by atoms with Gasteiger partial charge in [0, 0.05) is 24.3 Å². The molecule has 1 aliphatic rings. The fraction of sp³-hybridized carbons (Fsp3) is 0.375. The van der Waals surface area contributed by atoms with Crippen molar-refractivity contribution in [2.45, 2.75) is 33.2 Å². The van der Waals surface area contributed by atoms with E-state index in [9.17, 15) is 0 Å². The van der Waals surface area contributed by atoms with Crippen molar-refractivity contribution in [3.8, 4) is 0 Å². The van der Waals surface area contributed by atoms with Gasteiger partial charge in [-0.05, 0) is 38.8 Å². The lowest BCUT2D eigenvalue weighted by Crippen LogP contribution is -2.25. The maximum Gasteiger partial charge on any atom is 0.139 e. The molecule has 4 nitrogen and oxygen atoms in total. The molecule has 20 heavy (non-hydrogen) atoms. The monoisotopic (exact) mass is 268 g/mol. The Morgan fingerprint density at radius 3 is 2.90 bits per heavy atom. The highest BCUT2D eigenvalue weighted by atomic mass is 15.2. The highest BCUT2D eigenvalue weighted by Crippen LogP contribution is 2.37. The van der Waals surface area contributed by atoms with Crippen molar-refractivity contribution < 1.29 is 0 Å². The Morgan fingerprint density at radius 2 is 2.10 bits per heavy atom. The number of hydrogen-bond donors (Lipinski definition) is 1. The van der Waals surface area contributed by atoms with Crippen molar-refractivity contribution >= 4 is 17.3 Å². The summed E-state index contributed by atoms with van der Waals surface area (Å²) < 4.78 is 0. The second kappa shape index (κ2) is 5.12. The van der Waals surface area contributed by atoms with Crippen LogP contribution in [0.2, 0.25) is 0 Å². The van der Waals surface area contributed by atoms with Crippen molar-refractivity contribution in [1.29, 1.82) is 0 Å². The van der Waals surface area contributed by atoms with Crippen molar-refractivity contribution in [2.75, 3.05) is 16.8 Å². The Bertz CT molecular complexity index is 624. The Balaban J connectivity index is 2.04. The van der Waals surface area contributed by atoms with E-state index in [1.165, 1.54) is 11.3 Å². The van der Waals surface area contributed by atoms with Crippen molar-refractivity contribution in [1.82, 2.24) is 9.97 Å². The average Bonchev–Trinajstić information content (AvgIpc) is 2.74. The second-order valence-corrected chi connectivity index (χ2v) is 5.24. The van der Waals surface area contributed by atoms with E-state index in [-0.39, 0.29) is 0 Å². The Kier molecular flexibility index (Phi) is 3.30. The summed E-state index contributed by atoms with van der Waals surface area (Å²) in [6.45, 7) is 7.12. The van der Waals surface area contributed by atoms with Crippen LogP contribution in [0.3, 0.4) is 0 Å². The molecule has 2 heterocycles. The molecule has 0 amide bonds. The van der Waals surface area contributed by atoms with Crippen LogP contribution < -0.4 is 10.2 Å². The fourth-order valence-corrected chi connectivity index (χ4v) is 2.86. The SMILES string of the molecule is CCNc1cc(N2c3ccccc3CC2C)nc(C)n1. The van der Waals surface area contributed by atoms with E-state index < -0.39 is 0 Å². The number of rotatable bonds is 3. The molecular formula is C16H20N4. The van der Waals surface area contributed by atoms with Gasteiger partial charge in [0.15, 0.2) is 0 Å². The summed E-state index contributed by atoms with van der Waals surface area (Å²) in [7, 11) is 0. The third kappa shape index (κ3) is 2.22. The number of nitrogens with zero attached hydrogens (tertiary/aromatic N) is 3. The molecule has 0 bridgehead atoms. The molecule has 0 radical (unpaired) electrons. The molecule has 3 rings (SSSR count). The maximum absolute atomic E-state index is 4.62. The van der Waals surface area contributed by atoms with E-state index in [1.807, 2.05) is 13.0 Å². The number of aromatic nitrogens is 2. The number of para-hydroxylation sites is 1. The zero-order valence-corrected chi connectivity index (χ0v) is 12.2. The van der Waals surface area contributed by atoms with Crippen LogP contribution in [0.15, 0.2) is 30.3 Å². The van der Waals surface area contributed by atoms with Crippen LogP contribution in [-0.4, -0.2) is 22.6 Å². The van der Waals surface area contributed by atoms with Gasteiger partial charge in [0.05, 0.1) is 0 Å². The lowest BCUT2D eigenvalue weighted by molar-refractivity contribution is 0.747. The first kappa shape index (κ1) is 12.9. The van der Waals surface area contributed by atoms with E-state index in [0.717, 1.165) is 30.4 Å². The minimum atomic E-state index is 0.427. The largest absolute Gasteiger partial charge is 0.370 e. The molecule has 1 aromatic carbocycles. The van der Waals surface area contributed by atoms with Crippen LogP contribution in [0.1, 0.15) is 25.2 Å². The molecule has 0 spiro atoms. The van der Waals surface area contributed by atoms with Crippen molar-refractivity contribution in [3.63, 3.8) is 0 Å². The van der Waals surface area contributed by atoms with Crippen LogP contribution in [0.5, 0.6) is 0 Å². The van der Waals surface area contributed by atoms with Crippen LogP contribution in [0, 0.1) is 6.92 Å². The number of hydrogen-bond acceptors (Lipinski definition) is 4. The molecule has 1 aliphatic heterocycles. The van der Waals surface area contributed by atoms with E-state index in [4.69, 9.17) is 0 Å². The molecule has 1 N–H and O–H groups in total. The molecule has 1 aromatic heterocycles. The van der Waals surface area contributed by atoms with Crippen LogP contribution in [-0.2, 0) is 6.42 Å². The average molecular weight is 268 g/mol. The molecular weight excluding hydrogens is 248 g/mol. The maximum atomic E-state index is 4.62. The Labute approximate surface area is 119 Å². The predicted molar refractivity (Wildman–Crippen MR) is 82.7 cm³/mol. The van der Waals surface area contributed by atoms with Gasteiger partial charge in [-0.3, -0.25) is 0 Å². The minimum absolute atomic E-state index is 0.427. The minimum Gasteiger partial charge on any atom is -0.370 e. The van der Waals surface area contributed by atoms with Gasteiger partial charge >= 0.3 is 0 Å². The van der Waals surface area contributed by atoms with Crippen LogP contribution >= 0.6 is 0 Å². The number of benzene rings is 1. The highest BCUT2D eigenvalue weighted by molar-refractivity contribution is 5.70. The Morgan fingerprint density at radius 1 is 1.30 bits per heavy atom. The summed E-state index contributed by atoms with van der Waals surface area (Å²) in [5.41, 5.74) is 2.65. The lowest BCUT2D eigenvalue weighted by atomic mass is 10.1. The second-order valence-electron chi connectivity index (χ2n) is 5.24. The predicted octanol–water partition coefficient (Wildman–Crippen LogP) is 3.30. The van der Waals surface area contributed by atoms with Gasteiger partial charge in [0.2, 0.25) is 0 Å². The van der Waals surface area contributed by atoms with Crippen molar-refractivity contribution in [2.24, 2.45) is 0 Å². The van der Waals surface area contributed by atoms with Gasteiger partial charge in [-0.15, -0.1) is 0 Å². The summed E-state index contributed by atoms with van der Waals surface area (Å²) >= 11 is 0. The first-order chi connectivity index (χ1) is 9.69. The first-order valence-corrected chi connectivity index (χ1v) is 7.15. The summed E-state index contributed by atoms with van der Waals surface area (Å²) in [5, 5.41) is 3.27. The van der Waals surface area contributed by atoms with E-state index in [2.05, 4.69) is 58.3 Å². The number of anilines is 3. The van der Waals surface area contributed by atoms with Gasteiger partial charge in [-0.1, -0.05) is 18.2 Å². The normalized spacial score (nSPS) is 17.1. The zero-order valence-electron chi connectivity index (χ0n) is 12.2. The molecule has 0 saturated carbocycles. The van der Waals surface area contributed by atoms with E-state index >= 15 is 0 Å². The molecule has 104 valence electrons. The lowest BCUT2D eigenvalue weighted by Gasteiger charge is -2.24. The standard InChI is InChI=1S/C16H20N4/c1-4-17-15-10-16(19-12(3)18-15)20-11(2)9-13-7-5-6-8-14(13)20/h5-8,10-11H,4,9H2,1-3H3,(H,17,18,19). The molecule has 0 aliphatic carbocycles. The molecule has 0 saturated heterocycles. The van der Waals surface area contributed by atoms with Gasteiger partial charge in [-0.2, -0.15) is 0 Å². The number of nitrogens with one attached hydrogen (secondary N) is 1. The zero-order chi connectivity index (χ0) is 14.1. The first-order valence-electron chi connectivity index (χ1n) is 7.15. The summed E-state index contributed by atoms with van der Waals surface area (Å²) in [5.74, 6) is 2.67. The summed E-state index contributed by atoms with van der Waals surface area (Å²) in [6.07, 6.45) is 1.07. The summed E-state index contributed by atoms with van der Waals surface area (Å²) in [4.78, 5) is 11.4. The Hall–Kier alpha value is -2.10. The summed E-state index contributed by atoms with van der Waals surface area (Å²) in [6, 6.07) is 11.0. The fourth-order valence-electron chi connectivity index (χ4n) is 2.86. The number of fused-ring (bicyclic) bond motifs is 1. The van der Waals surface area contributed by atoms with Gasteiger partial charge in [0.1, 0.15) is 17.5 Å². The third-order valence-corrected chi connectivity index (χ3v) is 3.64. The highest BCUT2D eigenvalue weighted by Gasteiger charge is 2.28. The molecule has 4 heteroatoms. The molecule has 1 unspecified atom stereocenters. The molecule has 1 atom stereocenters. The molecule has 2 aromatic rings. The quantitative estimate of drug-likeness (QED) is 0.927. The van der Waals surface area contributed by atoms with Crippen LogP contribution in [0.25, 0.3) is 0 Å². The van der Waals surface area contributed by atoms with Crippen LogP contribution in [0.4, 0.5) is 17.3 Å². The number of aryl methyl sites for hydroxylation is 1. The topological polar surface area (TPSA) is 41.0 Å². The molecule has 0 fully saturated rings. The van der Waals surface area contributed by atoms with E-state index in [1.54, 1.807) is 0 Å².